The van der Waals surface area contributed by atoms with Crippen LogP contribution in [-0.2, 0) is 14.3 Å². The topological polar surface area (TPSA) is 72.5 Å². The molecule has 158 valence electrons. The second-order valence-corrected chi connectivity index (χ2v) is 11.0. The Labute approximate surface area is 180 Å². The first-order valence-corrected chi connectivity index (χ1v) is 11.8. The fourth-order valence-corrected chi connectivity index (χ4v) is 7.18. The Morgan fingerprint density at radius 2 is 1.76 bits per heavy atom. The minimum atomic E-state index is -0.529. The van der Waals surface area contributed by atoms with E-state index in [0.29, 0.717) is 9.21 Å². The number of halogens is 1. The average molecular weight is 438 g/mol. The van der Waals surface area contributed by atoms with Gasteiger partial charge in [0, 0.05) is 12.5 Å². The predicted molar refractivity (Wildman–Crippen MR) is 112 cm³/mol. The van der Waals surface area contributed by atoms with Gasteiger partial charge in [-0.05, 0) is 80.8 Å². The van der Waals surface area contributed by atoms with Crippen LogP contribution in [0, 0.1) is 23.2 Å². The quantitative estimate of drug-likeness (QED) is 0.475. The molecular weight excluding hydrogens is 410 g/mol. The highest BCUT2D eigenvalue weighted by molar-refractivity contribution is 7.18. The van der Waals surface area contributed by atoms with Crippen molar-refractivity contribution >= 4 is 40.6 Å². The number of rotatable bonds is 8. The summed E-state index contributed by atoms with van der Waals surface area (Å²) < 4.78 is 5.63. The number of thiophene rings is 1. The van der Waals surface area contributed by atoms with Gasteiger partial charge in [-0.2, -0.15) is 0 Å². The van der Waals surface area contributed by atoms with Crippen molar-refractivity contribution in [2.24, 2.45) is 23.2 Å². The van der Waals surface area contributed by atoms with Crippen LogP contribution in [0.15, 0.2) is 12.1 Å². The predicted octanol–water partition coefficient (Wildman–Crippen LogP) is 4.63. The zero-order valence-corrected chi connectivity index (χ0v) is 18.3. The summed E-state index contributed by atoms with van der Waals surface area (Å²) in [6.45, 7) is 1.83. The second kappa shape index (κ2) is 8.38. The Morgan fingerprint density at radius 1 is 1.14 bits per heavy atom. The number of hydrogen-bond donors (Lipinski definition) is 1. The van der Waals surface area contributed by atoms with E-state index in [1.807, 2.05) is 0 Å². The third kappa shape index (κ3) is 4.69. The molecular formula is C22H28ClNO4S. The van der Waals surface area contributed by atoms with Crippen LogP contribution in [0.5, 0.6) is 0 Å². The van der Waals surface area contributed by atoms with Gasteiger partial charge in [-0.1, -0.05) is 11.6 Å². The van der Waals surface area contributed by atoms with Crippen molar-refractivity contribution in [1.29, 1.82) is 0 Å². The number of carbonyl (C=O) groups excluding carboxylic acids is 3. The summed E-state index contributed by atoms with van der Waals surface area (Å²) in [6.07, 6.45) is 7.78. The minimum absolute atomic E-state index is 0.0356. The number of nitrogens with one attached hydrogen (secondary N) is 1. The number of esters is 1. The summed E-state index contributed by atoms with van der Waals surface area (Å²) in [7, 11) is 0. The lowest BCUT2D eigenvalue weighted by atomic mass is 9.48. The van der Waals surface area contributed by atoms with Crippen molar-refractivity contribution in [2.45, 2.75) is 64.3 Å². The van der Waals surface area contributed by atoms with Crippen LogP contribution in [0.4, 0.5) is 0 Å². The van der Waals surface area contributed by atoms with Crippen molar-refractivity contribution in [3.05, 3.63) is 21.3 Å². The lowest BCUT2D eigenvalue weighted by Gasteiger charge is -2.59. The summed E-state index contributed by atoms with van der Waals surface area (Å²) >= 11 is 7.02. The minimum Gasteiger partial charge on any atom is -0.456 e. The molecule has 1 heterocycles. The third-order valence-electron chi connectivity index (χ3n) is 7.15. The molecule has 1 aromatic rings. The molecule has 4 saturated carbocycles. The molecule has 4 aliphatic carbocycles. The maximum absolute atomic E-state index is 12.3. The number of carbonyl (C=O) groups is 3. The monoisotopic (exact) mass is 437 g/mol. The molecule has 4 fully saturated rings. The molecule has 5 nitrogen and oxygen atoms in total. The van der Waals surface area contributed by atoms with Crippen LogP contribution in [0.1, 0.15) is 68.0 Å². The number of ketones is 1. The SMILES string of the molecule is CC(NC(=O)COC(=O)CCC(=O)c1ccc(Cl)s1)C12CC3CC(CC(C3)C1)C2. The molecule has 0 spiro atoms. The van der Waals surface area contributed by atoms with E-state index in [-0.39, 0.29) is 42.6 Å². The van der Waals surface area contributed by atoms with E-state index in [2.05, 4.69) is 12.2 Å². The van der Waals surface area contributed by atoms with Gasteiger partial charge in [-0.3, -0.25) is 14.4 Å². The van der Waals surface area contributed by atoms with Crippen LogP contribution < -0.4 is 5.32 Å². The van der Waals surface area contributed by atoms with Gasteiger partial charge in [0.1, 0.15) is 0 Å². The van der Waals surface area contributed by atoms with E-state index < -0.39 is 5.97 Å². The molecule has 0 aromatic carbocycles. The van der Waals surface area contributed by atoms with Gasteiger partial charge < -0.3 is 10.1 Å². The molecule has 1 N–H and O–H groups in total. The van der Waals surface area contributed by atoms with Crippen molar-refractivity contribution in [3.63, 3.8) is 0 Å². The van der Waals surface area contributed by atoms with E-state index in [9.17, 15) is 14.4 Å². The maximum atomic E-state index is 12.3. The molecule has 0 aliphatic heterocycles. The number of hydrogen-bond acceptors (Lipinski definition) is 5. The first-order valence-electron chi connectivity index (χ1n) is 10.6. The number of ether oxygens (including phenoxy) is 1. The Hall–Kier alpha value is -1.40. The van der Waals surface area contributed by atoms with Gasteiger partial charge in [0.05, 0.1) is 15.6 Å². The van der Waals surface area contributed by atoms with Crippen molar-refractivity contribution < 1.29 is 19.1 Å². The zero-order chi connectivity index (χ0) is 20.6. The van der Waals surface area contributed by atoms with E-state index in [1.54, 1.807) is 12.1 Å². The van der Waals surface area contributed by atoms with Gasteiger partial charge in [0.25, 0.3) is 5.91 Å². The summed E-state index contributed by atoms with van der Waals surface area (Å²) in [4.78, 5) is 36.8. The molecule has 7 heteroatoms. The molecule has 29 heavy (non-hydrogen) atoms. The first-order chi connectivity index (χ1) is 13.8. The largest absolute Gasteiger partial charge is 0.456 e. The van der Waals surface area contributed by atoms with E-state index in [4.69, 9.17) is 16.3 Å². The molecule has 0 radical (unpaired) electrons. The molecule has 1 amide bonds. The Bertz CT molecular complexity index is 769. The van der Waals surface area contributed by atoms with Gasteiger partial charge in [0.2, 0.25) is 0 Å². The Morgan fingerprint density at radius 3 is 2.31 bits per heavy atom. The maximum Gasteiger partial charge on any atom is 0.306 e. The highest BCUT2D eigenvalue weighted by atomic mass is 35.5. The fourth-order valence-electron chi connectivity index (χ4n) is 6.17. The molecule has 1 atom stereocenters. The van der Waals surface area contributed by atoms with E-state index in [0.717, 1.165) is 17.8 Å². The third-order valence-corrected chi connectivity index (χ3v) is 8.42. The molecule has 4 aliphatic rings. The van der Waals surface area contributed by atoms with E-state index in [1.165, 1.54) is 49.9 Å². The first kappa shape index (κ1) is 20.9. The summed E-state index contributed by atoms with van der Waals surface area (Å²) in [5, 5.41) is 3.09. The second-order valence-electron chi connectivity index (χ2n) is 9.26. The van der Waals surface area contributed by atoms with Gasteiger partial charge in [-0.15, -0.1) is 11.3 Å². The van der Waals surface area contributed by atoms with Crippen LogP contribution in [0.3, 0.4) is 0 Å². The van der Waals surface area contributed by atoms with Crippen molar-refractivity contribution in [2.75, 3.05) is 6.61 Å². The van der Waals surface area contributed by atoms with Crippen LogP contribution in [-0.4, -0.2) is 30.3 Å². The highest BCUT2D eigenvalue weighted by Gasteiger charge is 2.53. The summed E-state index contributed by atoms with van der Waals surface area (Å²) in [6, 6.07) is 3.42. The number of amides is 1. The molecule has 4 bridgehead atoms. The molecule has 5 rings (SSSR count). The van der Waals surface area contributed by atoms with Gasteiger partial charge in [0.15, 0.2) is 12.4 Å². The smallest absolute Gasteiger partial charge is 0.306 e. The summed E-state index contributed by atoms with van der Waals surface area (Å²) in [5.41, 5.74) is 0.225. The number of Topliss-reactive ketones (excluding diaryl/α,β-unsaturated/α-hetero) is 1. The van der Waals surface area contributed by atoms with Gasteiger partial charge >= 0.3 is 5.97 Å². The van der Waals surface area contributed by atoms with Gasteiger partial charge in [-0.25, -0.2) is 0 Å². The Balaban J connectivity index is 1.20. The van der Waals surface area contributed by atoms with Crippen molar-refractivity contribution in [3.8, 4) is 0 Å². The highest BCUT2D eigenvalue weighted by Crippen LogP contribution is 2.61. The zero-order valence-electron chi connectivity index (χ0n) is 16.7. The normalized spacial score (nSPS) is 30.8. The Kier molecular flexibility index (Phi) is 6.03. The lowest BCUT2D eigenvalue weighted by Crippen LogP contribution is -2.56. The molecule has 0 saturated heterocycles. The lowest BCUT2D eigenvalue weighted by molar-refractivity contribution is -0.149. The fraction of sp³-hybridized carbons (Fsp3) is 0.682. The standard InChI is InChI=1S/C22H28ClNO4S/c1-13(22-9-14-6-15(10-22)8-16(7-14)11-22)24-20(26)12-28-21(27)5-2-17(25)18-3-4-19(23)29-18/h3-4,13-16H,2,5-12H2,1H3,(H,24,26). The van der Waals surface area contributed by atoms with Crippen LogP contribution in [0.2, 0.25) is 4.34 Å². The van der Waals surface area contributed by atoms with E-state index >= 15 is 0 Å². The summed E-state index contributed by atoms with van der Waals surface area (Å²) in [5.74, 6) is 1.56. The van der Waals surface area contributed by atoms with Crippen LogP contribution in [0.25, 0.3) is 0 Å². The van der Waals surface area contributed by atoms with Crippen LogP contribution >= 0.6 is 22.9 Å². The average Bonchev–Trinajstić information content (AvgIpc) is 3.10. The van der Waals surface area contributed by atoms with Crippen molar-refractivity contribution in [1.82, 2.24) is 5.32 Å². The molecule has 1 unspecified atom stereocenters. The molecule has 1 aromatic heterocycles.